The average molecular weight is 215 g/mol. The lowest BCUT2D eigenvalue weighted by molar-refractivity contribution is 0.458. The quantitative estimate of drug-likeness (QED) is 0.496. The summed E-state index contributed by atoms with van der Waals surface area (Å²) in [7, 11) is 0. The molecule has 1 aromatic carbocycles. The van der Waals surface area contributed by atoms with Gasteiger partial charge in [0.05, 0.1) is 0 Å². The van der Waals surface area contributed by atoms with E-state index in [4.69, 9.17) is 0 Å². The Morgan fingerprint density at radius 3 is 2.69 bits per heavy atom. The Balaban J connectivity index is 2.34. The summed E-state index contributed by atoms with van der Waals surface area (Å²) >= 11 is 0. The Morgan fingerprint density at radius 2 is 1.94 bits per heavy atom. The zero-order chi connectivity index (χ0) is 11.1. The van der Waals surface area contributed by atoms with Crippen LogP contribution in [0.3, 0.4) is 0 Å². The van der Waals surface area contributed by atoms with Gasteiger partial charge in [-0.2, -0.15) is 0 Å². The molecule has 16 heavy (non-hydrogen) atoms. The number of imidazole rings is 1. The van der Waals surface area contributed by atoms with Crippen LogP contribution in [-0.4, -0.2) is 20.1 Å². The topological polar surface area (TPSA) is 84.7 Å². The number of hydrogen-bond acceptors (Lipinski definition) is 2. The Morgan fingerprint density at radius 1 is 1.12 bits per heavy atom. The first kappa shape index (κ1) is 8.84. The van der Waals surface area contributed by atoms with Gasteiger partial charge < -0.3 is 15.1 Å². The number of nitrogens with one attached hydrogen (secondary N) is 3. The minimum Gasteiger partial charge on any atom is -0.493 e. The summed E-state index contributed by atoms with van der Waals surface area (Å²) in [4.78, 5) is 19.0. The van der Waals surface area contributed by atoms with Crippen molar-refractivity contribution in [2.75, 3.05) is 0 Å². The van der Waals surface area contributed by atoms with E-state index in [1.807, 2.05) is 24.3 Å². The molecule has 0 radical (unpaired) electrons. The van der Waals surface area contributed by atoms with Crippen LogP contribution in [0.25, 0.3) is 22.2 Å². The van der Waals surface area contributed by atoms with Crippen molar-refractivity contribution in [1.29, 1.82) is 0 Å². The molecule has 5 heteroatoms. The number of aromatic hydroxyl groups is 1. The number of H-pyrrole nitrogens is 3. The van der Waals surface area contributed by atoms with Crippen molar-refractivity contribution in [2.24, 2.45) is 0 Å². The lowest BCUT2D eigenvalue weighted by atomic mass is 10.1. The highest BCUT2D eigenvalue weighted by Gasteiger charge is 2.12. The first-order valence-corrected chi connectivity index (χ1v) is 4.83. The summed E-state index contributed by atoms with van der Waals surface area (Å²) in [6, 6.07) is 7.68. The van der Waals surface area contributed by atoms with Crippen LogP contribution in [-0.2, 0) is 0 Å². The van der Waals surface area contributed by atoms with E-state index in [-0.39, 0.29) is 5.88 Å². The molecule has 4 N–H and O–H groups in total. The SMILES string of the molecule is O=c1[nH]c(O)c(-c2c[nH]c3ccccc23)[nH]1. The third kappa shape index (κ3) is 1.15. The molecule has 2 aromatic heterocycles. The van der Waals surface area contributed by atoms with Crippen molar-refractivity contribution < 1.29 is 5.11 Å². The van der Waals surface area contributed by atoms with Gasteiger partial charge >= 0.3 is 5.69 Å². The standard InChI is InChI=1S/C11H9N3O2/c15-10-9(13-11(16)14-10)7-5-12-8-4-2-1-3-6(7)8/h1-5,12,15H,(H2,13,14,16). The summed E-state index contributed by atoms with van der Waals surface area (Å²) in [5, 5.41) is 10.5. The smallest absolute Gasteiger partial charge is 0.326 e. The molecule has 0 aliphatic rings. The molecule has 0 atom stereocenters. The molecular weight excluding hydrogens is 206 g/mol. The first-order chi connectivity index (χ1) is 7.75. The van der Waals surface area contributed by atoms with E-state index < -0.39 is 5.69 Å². The van der Waals surface area contributed by atoms with Crippen LogP contribution in [0.1, 0.15) is 0 Å². The van der Waals surface area contributed by atoms with E-state index in [0.717, 1.165) is 16.5 Å². The second-order valence-electron chi connectivity index (χ2n) is 3.55. The molecule has 0 saturated heterocycles. The predicted molar refractivity (Wildman–Crippen MR) is 60.4 cm³/mol. The molecule has 0 spiro atoms. The predicted octanol–water partition coefficient (Wildman–Crippen LogP) is 1.56. The molecule has 0 amide bonds. The maximum Gasteiger partial charge on any atom is 0.326 e. The second kappa shape index (κ2) is 3.03. The Kier molecular flexibility index (Phi) is 1.67. The molecule has 3 aromatic rings. The van der Waals surface area contributed by atoms with E-state index in [1.165, 1.54) is 0 Å². The minimum absolute atomic E-state index is 0.144. The zero-order valence-corrected chi connectivity index (χ0v) is 8.24. The van der Waals surface area contributed by atoms with Gasteiger partial charge in [-0.25, -0.2) is 4.79 Å². The van der Waals surface area contributed by atoms with Gasteiger partial charge in [0.2, 0.25) is 5.88 Å². The summed E-state index contributed by atoms with van der Waals surface area (Å²) < 4.78 is 0. The normalized spacial score (nSPS) is 11.0. The fraction of sp³-hybridized carbons (Fsp3) is 0. The van der Waals surface area contributed by atoms with Gasteiger partial charge in [-0.15, -0.1) is 0 Å². The number of rotatable bonds is 1. The van der Waals surface area contributed by atoms with Gasteiger partial charge in [-0.1, -0.05) is 18.2 Å². The maximum absolute atomic E-state index is 11.1. The summed E-state index contributed by atoms with van der Waals surface area (Å²) in [6.45, 7) is 0. The third-order valence-corrected chi connectivity index (χ3v) is 2.57. The lowest BCUT2D eigenvalue weighted by Gasteiger charge is -1.95. The number of benzene rings is 1. The van der Waals surface area contributed by atoms with Crippen LogP contribution in [0.15, 0.2) is 35.3 Å². The van der Waals surface area contributed by atoms with E-state index >= 15 is 0 Å². The molecule has 0 fully saturated rings. The average Bonchev–Trinajstić information content (AvgIpc) is 2.81. The molecule has 0 unspecified atom stereocenters. The van der Waals surface area contributed by atoms with E-state index in [0.29, 0.717) is 5.69 Å². The fourth-order valence-electron chi connectivity index (χ4n) is 1.85. The van der Waals surface area contributed by atoms with Crippen LogP contribution in [0.2, 0.25) is 0 Å². The van der Waals surface area contributed by atoms with Crippen molar-refractivity contribution >= 4 is 10.9 Å². The lowest BCUT2D eigenvalue weighted by Crippen LogP contribution is -1.99. The van der Waals surface area contributed by atoms with Crippen LogP contribution >= 0.6 is 0 Å². The highest BCUT2D eigenvalue weighted by Crippen LogP contribution is 2.30. The molecule has 5 nitrogen and oxygen atoms in total. The van der Waals surface area contributed by atoms with Crippen LogP contribution < -0.4 is 5.69 Å². The van der Waals surface area contributed by atoms with E-state index in [9.17, 15) is 9.90 Å². The van der Waals surface area contributed by atoms with Gasteiger partial charge in [0.25, 0.3) is 0 Å². The monoisotopic (exact) mass is 215 g/mol. The molecular formula is C11H9N3O2. The summed E-state index contributed by atoms with van der Waals surface area (Å²) in [5.41, 5.74) is 1.71. The van der Waals surface area contributed by atoms with Gasteiger partial charge in [0.15, 0.2) is 0 Å². The number of para-hydroxylation sites is 1. The largest absolute Gasteiger partial charge is 0.493 e. The molecule has 0 aliphatic carbocycles. The number of aromatic nitrogens is 3. The Bertz CT molecular complexity index is 705. The van der Waals surface area contributed by atoms with Crippen molar-refractivity contribution in [1.82, 2.24) is 15.0 Å². The van der Waals surface area contributed by atoms with Gasteiger partial charge in [-0.05, 0) is 6.07 Å². The van der Waals surface area contributed by atoms with E-state index in [1.54, 1.807) is 6.20 Å². The van der Waals surface area contributed by atoms with Crippen LogP contribution in [0.5, 0.6) is 5.88 Å². The van der Waals surface area contributed by atoms with Gasteiger partial charge in [0, 0.05) is 22.7 Å². The number of aromatic amines is 3. The Hall–Kier alpha value is -2.43. The maximum atomic E-state index is 11.1. The van der Waals surface area contributed by atoms with Gasteiger partial charge in [0.1, 0.15) is 5.69 Å². The molecule has 0 aliphatic heterocycles. The number of hydrogen-bond donors (Lipinski definition) is 4. The fourth-order valence-corrected chi connectivity index (χ4v) is 1.85. The second-order valence-corrected chi connectivity index (χ2v) is 3.55. The van der Waals surface area contributed by atoms with Crippen molar-refractivity contribution in [3.63, 3.8) is 0 Å². The zero-order valence-electron chi connectivity index (χ0n) is 8.24. The molecule has 0 bridgehead atoms. The summed E-state index contributed by atoms with van der Waals surface area (Å²) in [6.07, 6.45) is 1.75. The highest BCUT2D eigenvalue weighted by molar-refractivity contribution is 5.95. The number of fused-ring (bicyclic) bond motifs is 1. The van der Waals surface area contributed by atoms with Crippen molar-refractivity contribution in [3.8, 4) is 17.1 Å². The summed E-state index contributed by atoms with van der Waals surface area (Å²) in [5.74, 6) is -0.144. The van der Waals surface area contributed by atoms with Crippen LogP contribution in [0, 0.1) is 0 Å². The van der Waals surface area contributed by atoms with Crippen LogP contribution in [0.4, 0.5) is 0 Å². The van der Waals surface area contributed by atoms with Crippen molar-refractivity contribution in [3.05, 3.63) is 40.9 Å². The first-order valence-electron chi connectivity index (χ1n) is 4.83. The molecule has 3 rings (SSSR count). The third-order valence-electron chi connectivity index (χ3n) is 2.57. The highest BCUT2D eigenvalue weighted by atomic mass is 16.3. The minimum atomic E-state index is -0.419. The van der Waals surface area contributed by atoms with Crippen molar-refractivity contribution in [2.45, 2.75) is 0 Å². The molecule has 0 saturated carbocycles. The molecule has 80 valence electrons. The Labute approximate surface area is 89.8 Å². The molecule has 2 heterocycles. The van der Waals surface area contributed by atoms with Gasteiger partial charge in [-0.3, -0.25) is 4.98 Å². The van der Waals surface area contributed by atoms with E-state index in [2.05, 4.69) is 15.0 Å².